The molecule has 4 rings (SSSR count). The van der Waals surface area contributed by atoms with Gasteiger partial charge in [-0.05, 0) is 52.6 Å². The van der Waals surface area contributed by atoms with E-state index < -0.39 is 0 Å². The third kappa shape index (κ3) is 9.04. The third-order valence-corrected chi connectivity index (χ3v) is 6.13. The minimum Gasteiger partial charge on any atom is -0.508 e. The van der Waals surface area contributed by atoms with Crippen LogP contribution in [0, 0.1) is 5.92 Å². The van der Waals surface area contributed by atoms with Crippen LogP contribution < -0.4 is 0 Å². The molecule has 0 aromatic heterocycles. The van der Waals surface area contributed by atoms with Crippen LogP contribution in [0.4, 0.5) is 0 Å². The van der Waals surface area contributed by atoms with Crippen LogP contribution in [0.15, 0.2) is 66.7 Å². The highest BCUT2D eigenvalue weighted by atomic mass is 16.3. The van der Waals surface area contributed by atoms with Gasteiger partial charge in [0.1, 0.15) is 5.75 Å². The summed E-state index contributed by atoms with van der Waals surface area (Å²) in [6.07, 6.45) is 8.93. The summed E-state index contributed by atoms with van der Waals surface area (Å²) in [7, 11) is 0. The standard InChI is InChI=1S/C20H21NO.C8H16.C2H6/c1-2-21(14-16-6-5-9-20(22)13-16)15-17-10-11-18-7-3-4-8-19(18)12-17;1-8-6-4-2-3-5-7-8;1-2/h3-13,22H,2,14-15H2,1H3;8H,2-7H2,1H3;1-2H3. The quantitative estimate of drug-likeness (QED) is 0.407. The Labute approximate surface area is 196 Å². The minimum absolute atomic E-state index is 0.333. The molecule has 1 aliphatic carbocycles. The minimum atomic E-state index is 0.333. The number of aromatic hydroxyl groups is 1. The van der Waals surface area contributed by atoms with E-state index in [0.29, 0.717) is 5.75 Å². The van der Waals surface area contributed by atoms with Gasteiger partial charge in [-0.15, -0.1) is 0 Å². The number of hydrogen-bond acceptors (Lipinski definition) is 2. The topological polar surface area (TPSA) is 23.5 Å². The van der Waals surface area contributed by atoms with Crippen LogP contribution in [0.1, 0.15) is 77.3 Å². The molecular weight excluding hydrogens is 390 g/mol. The first-order chi connectivity index (χ1) is 15.6. The highest BCUT2D eigenvalue weighted by Gasteiger charge is 2.07. The Balaban J connectivity index is 0.000000304. The lowest BCUT2D eigenvalue weighted by molar-refractivity contribution is 0.271. The first kappa shape index (κ1) is 25.9. The molecule has 3 aromatic rings. The molecule has 1 saturated carbocycles. The van der Waals surface area contributed by atoms with Crippen LogP contribution in [0.5, 0.6) is 5.75 Å². The molecule has 2 nitrogen and oxygen atoms in total. The van der Waals surface area contributed by atoms with Gasteiger partial charge in [-0.2, -0.15) is 0 Å². The second-order valence-corrected chi connectivity index (χ2v) is 8.75. The Morgan fingerprint density at radius 1 is 0.750 bits per heavy atom. The third-order valence-electron chi connectivity index (χ3n) is 6.13. The molecule has 174 valence electrons. The summed E-state index contributed by atoms with van der Waals surface area (Å²) in [6.45, 7) is 11.3. The zero-order valence-corrected chi connectivity index (χ0v) is 20.7. The summed E-state index contributed by atoms with van der Waals surface area (Å²) in [5.41, 5.74) is 2.46. The molecule has 0 spiro atoms. The number of benzene rings is 3. The number of nitrogens with zero attached hydrogens (tertiary/aromatic N) is 1. The average molecular weight is 434 g/mol. The van der Waals surface area contributed by atoms with Crippen LogP contribution in [0.3, 0.4) is 0 Å². The molecule has 1 aliphatic rings. The van der Waals surface area contributed by atoms with Gasteiger partial charge in [0.15, 0.2) is 0 Å². The summed E-state index contributed by atoms with van der Waals surface area (Å²) >= 11 is 0. The van der Waals surface area contributed by atoms with Crippen LogP contribution >= 0.6 is 0 Å². The van der Waals surface area contributed by atoms with E-state index in [1.54, 1.807) is 6.07 Å². The van der Waals surface area contributed by atoms with E-state index in [1.165, 1.54) is 54.9 Å². The van der Waals surface area contributed by atoms with E-state index in [4.69, 9.17) is 0 Å². The van der Waals surface area contributed by atoms with Gasteiger partial charge in [-0.1, -0.05) is 115 Å². The number of rotatable bonds is 5. The lowest BCUT2D eigenvalue weighted by Gasteiger charge is -2.21. The maximum Gasteiger partial charge on any atom is 0.115 e. The van der Waals surface area contributed by atoms with Crippen molar-refractivity contribution in [2.24, 2.45) is 5.92 Å². The molecule has 0 heterocycles. The van der Waals surface area contributed by atoms with Gasteiger partial charge in [-0.3, -0.25) is 4.90 Å². The van der Waals surface area contributed by atoms with E-state index in [9.17, 15) is 5.11 Å². The Morgan fingerprint density at radius 2 is 1.38 bits per heavy atom. The van der Waals surface area contributed by atoms with Gasteiger partial charge in [0.25, 0.3) is 0 Å². The van der Waals surface area contributed by atoms with Crippen molar-refractivity contribution in [3.63, 3.8) is 0 Å². The Morgan fingerprint density at radius 3 is 2.00 bits per heavy atom. The maximum atomic E-state index is 9.59. The number of fused-ring (bicyclic) bond motifs is 1. The molecule has 3 aromatic carbocycles. The van der Waals surface area contributed by atoms with E-state index in [-0.39, 0.29) is 0 Å². The zero-order chi connectivity index (χ0) is 23.2. The average Bonchev–Trinajstić information content (AvgIpc) is 3.08. The summed E-state index contributed by atoms with van der Waals surface area (Å²) in [6, 6.07) is 22.6. The molecule has 0 unspecified atom stereocenters. The molecule has 0 amide bonds. The van der Waals surface area contributed by atoms with E-state index in [1.807, 2.05) is 26.0 Å². The Bertz CT molecular complexity index is 896. The monoisotopic (exact) mass is 433 g/mol. The number of phenolic OH excluding ortho intramolecular Hbond substituents is 1. The fraction of sp³-hybridized carbons (Fsp3) is 0.467. The first-order valence-corrected chi connectivity index (χ1v) is 12.6. The SMILES string of the molecule is CC.CC1CCCCCC1.CCN(Cc1cccc(O)c1)Cc1ccc2ccccc2c1. The molecule has 0 bridgehead atoms. The molecule has 0 atom stereocenters. The first-order valence-electron chi connectivity index (χ1n) is 12.6. The largest absolute Gasteiger partial charge is 0.508 e. The predicted octanol–water partition coefficient (Wildman–Crippen LogP) is 8.57. The van der Waals surface area contributed by atoms with Gasteiger partial charge in [0.2, 0.25) is 0 Å². The summed E-state index contributed by atoms with van der Waals surface area (Å²) in [4.78, 5) is 2.37. The highest BCUT2D eigenvalue weighted by molar-refractivity contribution is 5.82. The molecule has 32 heavy (non-hydrogen) atoms. The zero-order valence-electron chi connectivity index (χ0n) is 20.7. The van der Waals surface area contributed by atoms with E-state index in [2.05, 4.69) is 67.3 Å². The van der Waals surface area contributed by atoms with Crippen molar-refractivity contribution < 1.29 is 5.11 Å². The smallest absolute Gasteiger partial charge is 0.115 e. The molecule has 1 fully saturated rings. The van der Waals surface area contributed by atoms with Crippen molar-refractivity contribution in [1.82, 2.24) is 4.90 Å². The van der Waals surface area contributed by atoms with Crippen LogP contribution in [0.25, 0.3) is 10.8 Å². The molecule has 0 aliphatic heterocycles. The van der Waals surface area contributed by atoms with Gasteiger partial charge in [0, 0.05) is 13.1 Å². The fourth-order valence-corrected chi connectivity index (χ4v) is 4.27. The van der Waals surface area contributed by atoms with Crippen molar-refractivity contribution in [1.29, 1.82) is 0 Å². The van der Waals surface area contributed by atoms with Gasteiger partial charge in [-0.25, -0.2) is 0 Å². The molecular formula is C30H43NO. The van der Waals surface area contributed by atoms with Gasteiger partial charge < -0.3 is 5.11 Å². The highest BCUT2D eigenvalue weighted by Crippen LogP contribution is 2.21. The van der Waals surface area contributed by atoms with E-state index in [0.717, 1.165) is 31.1 Å². The second kappa shape index (κ2) is 14.7. The van der Waals surface area contributed by atoms with Crippen LogP contribution in [-0.4, -0.2) is 16.6 Å². The molecule has 0 radical (unpaired) electrons. The van der Waals surface area contributed by atoms with E-state index >= 15 is 0 Å². The van der Waals surface area contributed by atoms with Crippen molar-refractivity contribution in [2.45, 2.75) is 79.3 Å². The predicted molar refractivity (Wildman–Crippen MR) is 140 cm³/mol. The normalized spacial score (nSPS) is 14.2. The van der Waals surface area contributed by atoms with Crippen molar-refractivity contribution in [3.05, 3.63) is 77.9 Å². The molecule has 0 saturated heterocycles. The second-order valence-electron chi connectivity index (χ2n) is 8.75. The molecule has 1 N–H and O–H groups in total. The lowest BCUT2D eigenvalue weighted by atomic mass is 10.0. The fourth-order valence-electron chi connectivity index (χ4n) is 4.27. The van der Waals surface area contributed by atoms with Gasteiger partial charge in [0.05, 0.1) is 0 Å². The van der Waals surface area contributed by atoms with Gasteiger partial charge >= 0.3 is 0 Å². The summed E-state index contributed by atoms with van der Waals surface area (Å²) in [5.74, 6) is 1.36. The van der Waals surface area contributed by atoms with Crippen molar-refractivity contribution in [2.75, 3.05) is 6.54 Å². The lowest BCUT2D eigenvalue weighted by Crippen LogP contribution is -2.22. The van der Waals surface area contributed by atoms with Crippen LogP contribution in [0.2, 0.25) is 0 Å². The summed E-state index contributed by atoms with van der Waals surface area (Å²) in [5, 5.41) is 12.2. The number of hydrogen-bond donors (Lipinski definition) is 1. The molecule has 2 heteroatoms. The van der Waals surface area contributed by atoms with Crippen molar-refractivity contribution >= 4 is 10.8 Å². The Kier molecular flexibility index (Phi) is 11.9. The maximum absolute atomic E-state index is 9.59. The van der Waals surface area contributed by atoms with Crippen molar-refractivity contribution in [3.8, 4) is 5.75 Å². The van der Waals surface area contributed by atoms with Crippen LogP contribution in [-0.2, 0) is 13.1 Å². The summed E-state index contributed by atoms with van der Waals surface area (Å²) < 4.78 is 0. The Hall–Kier alpha value is -2.32. The number of phenols is 1.